The monoisotopic (exact) mass is 171 g/mol. The van der Waals surface area contributed by atoms with Crippen LogP contribution in [0, 0.1) is 0 Å². The number of amides is 1. The fraction of sp³-hybridized carbons (Fsp3) is 0.778. The Morgan fingerprint density at radius 1 is 1.33 bits per heavy atom. The van der Waals surface area contributed by atoms with Gasteiger partial charge in [-0.15, -0.1) is 0 Å². The molecule has 0 atom stereocenters. The lowest BCUT2D eigenvalue weighted by Crippen LogP contribution is -2.28. The Labute approximate surface area is 73.7 Å². The largest absolute Gasteiger partial charge is 0.345 e. The molecule has 0 aliphatic carbocycles. The summed E-state index contributed by atoms with van der Waals surface area (Å²) in [5.41, 5.74) is 0. The van der Waals surface area contributed by atoms with Crippen molar-refractivity contribution in [1.29, 1.82) is 0 Å². The summed E-state index contributed by atoms with van der Waals surface area (Å²) in [6.07, 6.45) is 2.11. The lowest BCUT2D eigenvalue weighted by Gasteiger charge is -2.15. The van der Waals surface area contributed by atoms with Gasteiger partial charge >= 0.3 is 0 Å². The van der Waals surface area contributed by atoms with Gasteiger partial charge in [-0.25, -0.2) is 0 Å². The first-order valence-electron chi connectivity index (χ1n) is 4.31. The Bertz CT molecular complexity index is 166. The van der Waals surface area contributed by atoms with Gasteiger partial charge in [0.05, 0.1) is 6.42 Å². The van der Waals surface area contributed by atoms with E-state index < -0.39 is 0 Å². The maximum Gasteiger partial charge on any atom is 0.229 e. The molecule has 0 spiro atoms. The smallest absolute Gasteiger partial charge is 0.229 e. The Morgan fingerprint density at radius 3 is 2.33 bits per heavy atom. The van der Waals surface area contributed by atoms with Gasteiger partial charge in [-0.1, -0.05) is 13.3 Å². The molecule has 70 valence electrons. The average Bonchev–Trinajstić information content (AvgIpc) is 1.98. The van der Waals surface area contributed by atoms with E-state index in [0.29, 0.717) is 0 Å². The van der Waals surface area contributed by atoms with Crippen LogP contribution in [0.5, 0.6) is 0 Å². The predicted molar refractivity (Wildman–Crippen MR) is 47.8 cm³/mol. The van der Waals surface area contributed by atoms with Crippen LogP contribution in [0.3, 0.4) is 0 Å². The van der Waals surface area contributed by atoms with E-state index in [1.165, 1.54) is 6.92 Å². The molecule has 0 rings (SSSR count). The summed E-state index contributed by atoms with van der Waals surface area (Å²) in [6.45, 7) is 4.26. The van der Waals surface area contributed by atoms with Gasteiger partial charge in [-0.05, 0) is 13.3 Å². The maximum absolute atomic E-state index is 11.2. The molecule has 0 saturated carbocycles. The summed E-state index contributed by atoms with van der Waals surface area (Å²) in [5.74, 6) is -0.140. The molecule has 3 nitrogen and oxygen atoms in total. The predicted octanol–water partition coefficient (Wildman–Crippen LogP) is 1.22. The molecule has 12 heavy (non-hydrogen) atoms. The average molecular weight is 171 g/mol. The zero-order chi connectivity index (χ0) is 9.56. The standard InChI is InChI=1S/C9H17NO2/c1-4-5-6-10(3)9(12)7-8(2)11/h4-7H2,1-3H3. The van der Waals surface area contributed by atoms with Gasteiger partial charge in [-0.2, -0.15) is 0 Å². The second-order valence-electron chi connectivity index (χ2n) is 3.05. The molecule has 0 aromatic carbocycles. The molecule has 0 radical (unpaired) electrons. The van der Waals surface area contributed by atoms with E-state index in [4.69, 9.17) is 0 Å². The first kappa shape index (κ1) is 11.1. The van der Waals surface area contributed by atoms with Crippen molar-refractivity contribution in [2.75, 3.05) is 13.6 Å². The molecule has 0 N–H and O–H groups in total. The van der Waals surface area contributed by atoms with Crippen molar-refractivity contribution in [3.63, 3.8) is 0 Å². The Morgan fingerprint density at radius 2 is 1.92 bits per heavy atom. The zero-order valence-electron chi connectivity index (χ0n) is 8.09. The molecule has 0 fully saturated rings. The number of rotatable bonds is 5. The number of Topliss-reactive ketones (excluding diaryl/α,β-unsaturated/α-hetero) is 1. The van der Waals surface area contributed by atoms with Gasteiger partial charge in [0.15, 0.2) is 0 Å². The summed E-state index contributed by atoms with van der Waals surface area (Å²) in [4.78, 5) is 23.4. The number of hydrogen-bond acceptors (Lipinski definition) is 2. The highest BCUT2D eigenvalue weighted by Crippen LogP contribution is 1.95. The van der Waals surface area contributed by atoms with Crippen LogP contribution in [0.4, 0.5) is 0 Å². The molecule has 0 saturated heterocycles. The minimum Gasteiger partial charge on any atom is -0.345 e. The van der Waals surface area contributed by atoms with Crippen LogP contribution in [0.25, 0.3) is 0 Å². The number of carbonyl (C=O) groups is 2. The van der Waals surface area contributed by atoms with Crippen molar-refractivity contribution in [3.8, 4) is 0 Å². The zero-order valence-corrected chi connectivity index (χ0v) is 8.09. The summed E-state index contributed by atoms with van der Waals surface area (Å²) < 4.78 is 0. The third-order valence-corrected chi connectivity index (χ3v) is 1.67. The normalized spacial score (nSPS) is 9.58. The highest BCUT2D eigenvalue weighted by molar-refractivity contribution is 5.96. The van der Waals surface area contributed by atoms with Crippen LogP contribution in [0.2, 0.25) is 0 Å². The highest BCUT2D eigenvalue weighted by Gasteiger charge is 2.09. The van der Waals surface area contributed by atoms with Crippen molar-refractivity contribution < 1.29 is 9.59 Å². The van der Waals surface area contributed by atoms with Crippen LogP contribution in [0.1, 0.15) is 33.1 Å². The van der Waals surface area contributed by atoms with E-state index in [0.717, 1.165) is 19.4 Å². The van der Waals surface area contributed by atoms with Gasteiger partial charge in [0.1, 0.15) is 5.78 Å². The second kappa shape index (κ2) is 5.75. The Kier molecular flexibility index (Phi) is 5.34. The van der Waals surface area contributed by atoms with Crippen LogP contribution >= 0.6 is 0 Å². The topological polar surface area (TPSA) is 37.4 Å². The molecule has 0 unspecified atom stereocenters. The Balaban J connectivity index is 3.69. The van der Waals surface area contributed by atoms with Crippen molar-refractivity contribution in [2.45, 2.75) is 33.1 Å². The van der Waals surface area contributed by atoms with Gasteiger partial charge in [-0.3, -0.25) is 9.59 Å². The molecule has 0 aliphatic heterocycles. The van der Waals surface area contributed by atoms with Crippen LogP contribution < -0.4 is 0 Å². The van der Waals surface area contributed by atoms with E-state index in [1.54, 1.807) is 11.9 Å². The number of ketones is 1. The van der Waals surface area contributed by atoms with Gasteiger partial charge in [0.25, 0.3) is 0 Å². The molecule has 0 heterocycles. The van der Waals surface area contributed by atoms with E-state index in [2.05, 4.69) is 6.92 Å². The minimum atomic E-state index is -0.0732. The molecule has 0 aromatic heterocycles. The molecule has 0 aliphatic rings. The third-order valence-electron chi connectivity index (χ3n) is 1.67. The number of unbranched alkanes of at least 4 members (excludes halogenated alkanes) is 1. The number of nitrogens with zero attached hydrogens (tertiary/aromatic N) is 1. The fourth-order valence-corrected chi connectivity index (χ4v) is 0.868. The Hall–Kier alpha value is -0.860. The molecule has 0 bridgehead atoms. The van der Waals surface area contributed by atoms with E-state index in [9.17, 15) is 9.59 Å². The molecular formula is C9H17NO2. The first-order chi connectivity index (χ1) is 5.57. The fourth-order valence-electron chi connectivity index (χ4n) is 0.868. The lowest BCUT2D eigenvalue weighted by molar-refractivity contribution is -0.133. The van der Waals surface area contributed by atoms with Crippen molar-refractivity contribution in [1.82, 2.24) is 4.90 Å². The van der Waals surface area contributed by atoms with Crippen molar-refractivity contribution >= 4 is 11.7 Å². The van der Waals surface area contributed by atoms with Crippen molar-refractivity contribution in [3.05, 3.63) is 0 Å². The molecule has 0 aromatic rings. The second-order valence-corrected chi connectivity index (χ2v) is 3.05. The van der Waals surface area contributed by atoms with Gasteiger partial charge in [0.2, 0.25) is 5.91 Å². The summed E-state index contributed by atoms with van der Waals surface area (Å²) >= 11 is 0. The van der Waals surface area contributed by atoms with Gasteiger partial charge < -0.3 is 4.90 Å². The third kappa shape index (κ3) is 4.88. The molecule has 3 heteroatoms. The number of hydrogen-bond donors (Lipinski definition) is 0. The minimum absolute atomic E-state index is 0.0419. The van der Waals surface area contributed by atoms with Crippen LogP contribution in [-0.4, -0.2) is 30.2 Å². The van der Waals surface area contributed by atoms with Crippen LogP contribution in [0.15, 0.2) is 0 Å². The highest BCUT2D eigenvalue weighted by atomic mass is 16.2. The summed E-state index contributed by atoms with van der Waals surface area (Å²) in [7, 11) is 1.74. The molecular weight excluding hydrogens is 154 g/mol. The van der Waals surface area contributed by atoms with E-state index in [1.807, 2.05) is 0 Å². The SMILES string of the molecule is CCCCN(C)C(=O)CC(C)=O. The summed E-state index contributed by atoms with van der Waals surface area (Å²) in [5, 5.41) is 0. The van der Waals surface area contributed by atoms with E-state index in [-0.39, 0.29) is 18.1 Å². The van der Waals surface area contributed by atoms with E-state index >= 15 is 0 Å². The summed E-state index contributed by atoms with van der Waals surface area (Å²) in [6, 6.07) is 0. The number of carbonyl (C=O) groups excluding carboxylic acids is 2. The molecule has 1 amide bonds. The van der Waals surface area contributed by atoms with Crippen molar-refractivity contribution in [2.24, 2.45) is 0 Å². The van der Waals surface area contributed by atoms with Gasteiger partial charge in [0, 0.05) is 13.6 Å². The lowest BCUT2D eigenvalue weighted by atomic mass is 10.2. The maximum atomic E-state index is 11.2. The van der Waals surface area contributed by atoms with Crippen LogP contribution in [-0.2, 0) is 9.59 Å². The first-order valence-corrected chi connectivity index (χ1v) is 4.31. The quantitative estimate of drug-likeness (QED) is 0.583.